The Morgan fingerprint density at radius 3 is 2.62 bits per heavy atom. The van der Waals surface area contributed by atoms with Gasteiger partial charge in [-0.15, -0.1) is 0 Å². The van der Waals surface area contributed by atoms with Crippen molar-refractivity contribution < 1.29 is 9.59 Å². The highest BCUT2D eigenvalue weighted by atomic mass is 35.5. The summed E-state index contributed by atoms with van der Waals surface area (Å²) in [6.07, 6.45) is 11.0. The fourth-order valence-electron chi connectivity index (χ4n) is 3.68. The van der Waals surface area contributed by atoms with E-state index >= 15 is 0 Å². The summed E-state index contributed by atoms with van der Waals surface area (Å²) < 4.78 is 0.602. The van der Waals surface area contributed by atoms with E-state index in [0.717, 1.165) is 37.7 Å². The van der Waals surface area contributed by atoms with E-state index in [4.69, 9.17) is 23.8 Å². The molecule has 0 aromatic heterocycles. The number of hydrogen-bond acceptors (Lipinski definition) is 4. The Kier molecular flexibility index (Phi) is 8.57. The molecule has 0 spiro atoms. The van der Waals surface area contributed by atoms with Crippen molar-refractivity contribution in [2.24, 2.45) is 0 Å². The summed E-state index contributed by atoms with van der Waals surface area (Å²) in [5.74, 6) is 0.124. The molecule has 0 radical (unpaired) electrons. The molecule has 1 N–H and O–H groups in total. The number of benzene rings is 1. The fraction of sp³-hybridized carbons (Fsp3) is 0.500. The first kappa shape index (κ1) is 22.3. The van der Waals surface area contributed by atoms with Crippen LogP contribution >= 0.6 is 35.6 Å². The topological polar surface area (TPSA) is 49.4 Å². The van der Waals surface area contributed by atoms with Gasteiger partial charge in [0.05, 0.1) is 4.91 Å². The Hall–Kier alpha value is -1.37. The lowest BCUT2D eigenvalue weighted by Crippen LogP contribution is -2.36. The summed E-state index contributed by atoms with van der Waals surface area (Å²) in [4.78, 5) is 27.0. The maximum Gasteiger partial charge on any atom is 0.266 e. The molecular formula is C22H27ClN2O2S2. The second-order valence-corrected chi connectivity index (χ2v) is 9.71. The first-order valence-electron chi connectivity index (χ1n) is 10.3. The van der Waals surface area contributed by atoms with E-state index in [-0.39, 0.29) is 11.8 Å². The Morgan fingerprint density at radius 2 is 1.90 bits per heavy atom. The van der Waals surface area contributed by atoms with E-state index in [0.29, 0.717) is 33.3 Å². The molecule has 3 rings (SSSR count). The molecule has 0 unspecified atom stereocenters. The Bertz CT molecular complexity index is 774. The zero-order chi connectivity index (χ0) is 20.6. The number of carbonyl (C=O) groups excluding carboxylic acids is 2. The normalized spacial score (nSPS) is 19.2. The molecule has 4 nitrogen and oxygen atoms in total. The minimum absolute atomic E-state index is 0.0370. The molecule has 29 heavy (non-hydrogen) atoms. The van der Waals surface area contributed by atoms with Gasteiger partial charge in [0.2, 0.25) is 5.91 Å². The average molecular weight is 451 g/mol. The number of nitrogens with one attached hydrogen (secondary N) is 1. The minimum atomic E-state index is -0.0370. The van der Waals surface area contributed by atoms with Crippen molar-refractivity contribution in [2.75, 3.05) is 6.54 Å². The predicted octanol–water partition coefficient (Wildman–Crippen LogP) is 5.55. The smallest absolute Gasteiger partial charge is 0.266 e. The molecule has 1 saturated carbocycles. The van der Waals surface area contributed by atoms with E-state index in [1.807, 2.05) is 18.2 Å². The van der Waals surface area contributed by atoms with Gasteiger partial charge in [0.25, 0.3) is 5.91 Å². The second-order valence-electron chi connectivity index (χ2n) is 7.60. The van der Waals surface area contributed by atoms with Crippen molar-refractivity contribution in [3.05, 3.63) is 39.8 Å². The number of halogens is 1. The first-order valence-corrected chi connectivity index (χ1v) is 11.9. The Balaban J connectivity index is 1.38. The van der Waals surface area contributed by atoms with Crippen LogP contribution in [0, 0.1) is 0 Å². The molecule has 1 heterocycles. The molecule has 1 aliphatic heterocycles. The number of thioether (sulfide) groups is 1. The molecule has 7 heteroatoms. The molecular weight excluding hydrogens is 424 g/mol. The van der Waals surface area contributed by atoms with Crippen molar-refractivity contribution in [3.63, 3.8) is 0 Å². The van der Waals surface area contributed by atoms with Crippen LogP contribution in [0.3, 0.4) is 0 Å². The monoisotopic (exact) mass is 450 g/mol. The number of hydrogen-bond donors (Lipinski definition) is 1. The van der Waals surface area contributed by atoms with Crippen molar-refractivity contribution in [1.29, 1.82) is 0 Å². The molecule has 0 bridgehead atoms. The Morgan fingerprint density at radius 1 is 1.17 bits per heavy atom. The van der Waals surface area contributed by atoms with Gasteiger partial charge in [-0.1, -0.05) is 73.4 Å². The summed E-state index contributed by atoms with van der Waals surface area (Å²) >= 11 is 12.6. The number of thiocarbonyl (C=S) groups is 1. The zero-order valence-corrected chi connectivity index (χ0v) is 18.9. The third-order valence-electron chi connectivity index (χ3n) is 5.30. The van der Waals surface area contributed by atoms with Crippen molar-refractivity contribution in [3.8, 4) is 0 Å². The van der Waals surface area contributed by atoms with Crippen molar-refractivity contribution in [1.82, 2.24) is 10.2 Å². The van der Waals surface area contributed by atoms with E-state index in [1.54, 1.807) is 17.0 Å². The number of carbonyl (C=O) groups is 2. The molecule has 1 aromatic rings. The lowest BCUT2D eigenvalue weighted by molar-refractivity contribution is -0.123. The van der Waals surface area contributed by atoms with Crippen molar-refractivity contribution >= 4 is 57.8 Å². The first-order chi connectivity index (χ1) is 14.0. The third kappa shape index (κ3) is 6.83. The summed E-state index contributed by atoms with van der Waals surface area (Å²) in [5.41, 5.74) is 0.930. The lowest BCUT2D eigenvalue weighted by atomic mass is 9.95. The maximum absolute atomic E-state index is 12.6. The highest BCUT2D eigenvalue weighted by molar-refractivity contribution is 8.26. The molecule has 1 aromatic carbocycles. The maximum atomic E-state index is 12.6. The SMILES string of the molecule is O=C(CCCCCN1C(=O)C(=Cc2ccc(Cl)cc2)SC1=S)NC1CCCCC1. The summed E-state index contributed by atoms with van der Waals surface area (Å²) in [6, 6.07) is 7.75. The molecule has 2 fully saturated rings. The van der Waals surface area contributed by atoms with E-state index in [2.05, 4.69) is 5.32 Å². The fourth-order valence-corrected chi connectivity index (χ4v) is 5.12. The van der Waals surface area contributed by atoms with Gasteiger partial charge >= 0.3 is 0 Å². The van der Waals surface area contributed by atoms with Gasteiger partial charge in [-0.3, -0.25) is 14.5 Å². The largest absolute Gasteiger partial charge is 0.353 e. The molecule has 0 atom stereocenters. The van der Waals surface area contributed by atoms with Crippen molar-refractivity contribution in [2.45, 2.75) is 63.8 Å². The van der Waals surface area contributed by atoms with E-state index in [9.17, 15) is 9.59 Å². The van der Waals surface area contributed by atoms with Crippen LogP contribution in [0.4, 0.5) is 0 Å². The van der Waals surface area contributed by atoms with Crippen LogP contribution in [-0.2, 0) is 9.59 Å². The highest BCUT2D eigenvalue weighted by Crippen LogP contribution is 2.33. The Labute approximate surface area is 187 Å². The van der Waals surface area contributed by atoms with Crippen LogP contribution in [0.15, 0.2) is 29.2 Å². The van der Waals surface area contributed by atoms with E-state index in [1.165, 1.54) is 31.0 Å². The molecule has 156 valence electrons. The zero-order valence-electron chi connectivity index (χ0n) is 16.5. The lowest BCUT2D eigenvalue weighted by Gasteiger charge is -2.22. The van der Waals surface area contributed by atoms with Crippen LogP contribution in [-0.4, -0.2) is 33.6 Å². The predicted molar refractivity (Wildman–Crippen MR) is 125 cm³/mol. The van der Waals surface area contributed by atoms with Crippen LogP contribution in [0.1, 0.15) is 63.4 Å². The van der Waals surface area contributed by atoms with E-state index < -0.39 is 0 Å². The second kappa shape index (κ2) is 11.1. The molecule has 2 aliphatic rings. The standard InChI is InChI=1S/C22H27ClN2O2S2/c23-17-12-10-16(11-13-17)15-19-21(27)25(22(28)29-19)14-6-2-5-9-20(26)24-18-7-3-1-4-8-18/h10-13,15,18H,1-9,14H2,(H,24,26). The number of rotatable bonds is 8. The van der Waals surface area contributed by atoms with Gasteiger partial charge in [-0.05, 0) is 49.5 Å². The number of amides is 2. The minimum Gasteiger partial charge on any atom is -0.353 e. The van der Waals surface area contributed by atoms with Crippen LogP contribution in [0.2, 0.25) is 5.02 Å². The average Bonchev–Trinajstić information content (AvgIpc) is 2.97. The van der Waals surface area contributed by atoms with Gasteiger partial charge in [0.15, 0.2) is 0 Å². The molecule has 1 saturated heterocycles. The molecule has 1 aliphatic carbocycles. The van der Waals surface area contributed by atoms with Gasteiger partial charge < -0.3 is 5.32 Å². The number of nitrogens with zero attached hydrogens (tertiary/aromatic N) is 1. The summed E-state index contributed by atoms with van der Waals surface area (Å²) in [5, 5.41) is 3.82. The van der Waals surface area contributed by atoms with Gasteiger partial charge in [0, 0.05) is 24.0 Å². The van der Waals surface area contributed by atoms with Gasteiger partial charge in [0.1, 0.15) is 4.32 Å². The highest BCUT2D eigenvalue weighted by Gasteiger charge is 2.31. The van der Waals surface area contributed by atoms with Crippen LogP contribution in [0.25, 0.3) is 6.08 Å². The quantitative estimate of drug-likeness (QED) is 0.320. The van der Waals surface area contributed by atoms with Gasteiger partial charge in [-0.2, -0.15) is 0 Å². The summed E-state index contributed by atoms with van der Waals surface area (Å²) in [7, 11) is 0. The number of unbranched alkanes of at least 4 members (excludes halogenated alkanes) is 2. The van der Waals surface area contributed by atoms with Crippen LogP contribution < -0.4 is 5.32 Å². The third-order valence-corrected chi connectivity index (χ3v) is 6.93. The summed E-state index contributed by atoms with van der Waals surface area (Å²) in [6.45, 7) is 0.604. The molecule has 2 amide bonds. The van der Waals surface area contributed by atoms with Crippen LogP contribution in [0.5, 0.6) is 0 Å². The van der Waals surface area contributed by atoms with Gasteiger partial charge in [-0.25, -0.2) is 0 Å².